The molecule has 3 amide bonds. The van der Waals surface area contributed by atoms with Gasteiger partial charge in [-0.25, -0.2) is 4.79 Å². The standard InChI is InChI=1S/C23H33N5O5S/c1-12(2)8-18(27-20(29)13(3)26-21(30)16(24)11-34)22(31)28-19(23(32)33)9-14-10-25-17-7-5-4-6-15(14)17/h4-7,10,12-13,16,18-19,25,34H,8-9,11,24H2,1-3H3,(H,26,30)(H,27,29)(H,28,31)(H,32,33). The molecular formula is C23H33N5O5S. The molecule has 0 saturated heterocycles. The fourth-order valence-corrected chi connectivity index (χ4v) is 3.63. The van der Waals surface area contributed by atoms with Gasteiger partial charge in [0.1, 0.15) is 18.1 Å². The molecule has 7 N–H and O–H groups in total. The van der Waals surface area contributed by atoms with Crippen molar-refractivity contribution in [3.63, 3.8) is 0 Å². The highest BCUT2D eigenvalue weighted by molar-refractivity contribution is 7.80. The molecule has 10 nitrogen and oxygen atoms in total. The zero-order chi connectivity index (χ0) is 25.4. The van der Waals surface area contributed by atoms with E-state index in [1.807, 2.05) is 38.1 Å². The molecule has 1 aromatic carbocycles. The first-order chi connectivity index (χ1) is 16.0. The van der Waals surface area contributed by atoms with Crippen molar-refractivity contribution in [1.82, 2.24) is 20.9 Å². The normalized spacial score (nSPS) is 14.8. The minimum absolute atomic E-state index is 0.0375. The number of hydrogen-bond donors (Lipinski definition) is 7. The van der Waals surface area contributed by atoms with Crippen LogP contribution in [0.5, 0.6) is 0 Å². The van der Waals surface area contributed by atoms with Crippen molar-refractivity contribution in [2.24, 2.45) is 11.7 Å². The van der Waals surface area contributed by atoms with Gasteiger partial charge in [0.05, 0.1) is 6.04 Å². The summed E-state index contributed by atoms with van der Waals surface area (Å²) in [5, 5.41) is 18.2. The molecule has 0 saturated carbocycles. The molecule has 0 spiro atoms. The molecule has 0 aliphatic carbocycles. The number of H-pyrrole nitrogens is 1. The molecule has 4 atom stereocenters. The molecule has 34 heavy (non-hydrogen) atoms. The van der Waals surface area contributed by atoms with Crippen molar-refractivity contribution < 1.29 is 24.3 Å². The first-order valence-corrected chi connectivity index (χ1v) is 11.7. The molecule has 0 fully saturated rings. The molecule has 0 radical (unpaired) electrons. The van der Waals surface area contributed by atoms with Crippen LogP contribution in [0.1, 0.15) is 32.8 Å². The molecule has 0 bridgehead atoms. The van der Waals surface area contributed by atoms with Gasteiger partial charge in [-0.15, -0.1) is 0 Å². The van der Waals surface area contributed by atoms with Gasteiger partial charge in [-0.3, -0.25) is 14.4 Å². The Morgan fingerprint density at radius 2 is 1.65 bits per heavy atom. The number of aliphatic carboxylic acids is 1. The topological polar surface area (TPSA) is 166 Å². The van der Waals surface area contributed by atoms with Crippen LogP contribution in [-0.2, 0) is 25.6 Å². The Morgan fingerprint density at radius 3 is 2.26 bits per heavy atom. The number of aromatic amines is 1. The Bertz CT molecular complexity index is 1020. The fraction of sp³-hybridized carbons (Fsp3) is 0.478. The van der Waals surface area contributed by atoms with Crippen LogP contribution in [0.25, 0.3) is 10.9 Å². The van der Waals surface area contributed by atoms with Crippen molar-refractivity contribution in [1.29, 1.82) is 0 Å². The quantitative estimate of drug-likeness (QED) is 0.214. The van der Waals surface area contributed by atoms with Crippen molar-refractivity contribution in [3.05, 3.63) is 36.0 Å². The minimum atomic E-state index is -1.19. The van der Waals surface area contributed by atoms with E-state index >= 15 is 0 Å². The Labute approximate surface area is 203 Å². The minimum Gasteiger partial charge on any atom is -0.480 e. The lowest BCUT2D eigenvalue weighted by Crippen LogP contribution is -2.57. The second-order valence-corrected chi connectivity index (χ2v) is 9.04. The molecule has 11 heteroatoms. The van der Waals surface area contributed by atoms with E-state index in [0.717, 1.165) is 16.5 Å². The monoisotopic (exact) mass is 491 g/mol. The number of rotatable bonds is 12. The van der Waals surface area contributed by atoms with Crippen LogP contribution < -0.4 is 21.7 Å². The third kappa shape index (κ3) is 7.49. The maximum absolute atomic E-state index is 13.0. The van der Waals surface area contributed by atoms with E-state index in [2.05, 4.69) is 33.6 Å². The highest BCUT2D eigenvalue weighted by Gasteiger charge is 2.29. The molecule has 2 rings (SSSR count). The molecule has 0 aliphatic rings. The van der Waals surface area contributed by atoms with E-state index in [-0.39, 0.29) is 24.5 Å². The summed E-state index contributed by atoms with van der Waals surface area (Å²) in [6.07, 6.45) is 2.08. The first kappa shape index (κ1) is 27.2. The Kier molecular flexibility index (Phi) is 9.94. The number of carbonyl (C=O) groups is 4. The van der Waals surface area contributed by atoms with Gasteiger partial charge < -0.3 is 31.8 Å². The van der Waals surface area contributed by atoms with Crippen LogP contribution in [0, 0.1) is 5.92 Å². The van der Waals surface area contributed by atoms with Gasteiger partial charge in [-0.1, -0.05) is 32.0 Å². The van der Waals surface area contributed by atoms with Crippen LogP contribution in [0.4, 0.5) is 0 Å². The number of benzene rings is 1. The zero-order valence-corrected chi connectivity index (χ0v) is 20.4. The van der Waals surface area contributed by atoms with Crippen LogP contribution in [0.15, 0.2) is 30.5 Å². The van der Waals surface area contributed by atoms with Crippen molar-refractivity contribution >= 4 is 47.2 Å². The number of hydrogen-bond acceptors (Lipinski definition) is 6. The largest absolute Gasteiger partial charge is 0.480 e. The van der Waals surface area contributed by atoms with E-state index in [9.17, 15) is 24.3 Å². The van der Waals surface area contributed by atoms with Crippen LogP contribution in [-0.4, -0.2) is 63.7 Å². The summed E-state index contributed by atoms with van der Waals surface area (Å²) in [6.45, 7) is 5.23. The average molecular weight is 492 g/mol. The van der Waals surface area contributed by atoms with Gasteiger partial charge in [-0.2, -0.15) is 12.6 Å². The fourth-order valence-electron chi connectivity index (χ4n) is 3.46. The third-order valence-electron chi connectivity index (χ3n) is 5.34. The average Bonchev–Trinajstić information content (AvgIpc) is 3.19. The maximum Gasteiger partial charge on any atom is 0.326 e. The number of amides is 3. The summed E-state index contributed by atoms with van der Waals surface area (Å²) in [6, 6.07) is 3.50. The van der Waals surface area contributed by atoms with Gasteiger partial charge in [0.15, 0.2) is 0 Å². The molecule has 0 aliphatic heterocycles. The van der Waals surface area contributed by atoms with E-state index in [4.69, 9.17) is 5.73 Å². The van der Waals surface area contributed by atoms with Gasteiger partial charge in [0, 0.05) is 29.3 Å². The number of thiol groups is 1. The van der Waals surface area contributed by atoms with Crippen molar-refractivity contribution in [2.45, 2.75) is 57.8 Å². The van der Waals surface area contributed by atoms with E-state index in [1.165, 1.54) is 6.92 Å². The number of carbonyl (C=O) groups excluding carboxylic acids is 3. The van der Waals surface area contributed by atoms with Crippen molar-refractivity contribution in [3.8, 4) is 0 Å². The zero-order valence-electron chi connectivity index (χ0n) is 19.5. The van der Waals surface area contributed by atoms with Crippen LogP contribution >= 0.6 is 12.6 Å². The summed E-state index contributed by atoms with van der Waals surface area (Å²) >= 11 is 3.96. The Hall–Kier alpha value is -3.05. The summed E-state index contributed by atoms with van der Waals surface area (Å²) in [4.78, 5) is 52.6. The summed E-state index contributed by atoms with van der Waals surface area (Å²) in [7, 11) is 0. The number of aromatic nitrogens is 1. The number of nitrogens with two attached hydrogens (primary N) is 1. The van der Waals surface area contributed by atoms with Crippen LogP contribution in [0.3, 0.4) is 0 Å². The summed E-state index contributed by atoms with van der Waals surface area (Å²) < 4.78 is 0. The number of fused-ring (bicyclic) bond motifs is 1. The summed E-state index contributed by atoms with van der Waals surface area (Å²) in [5.74, 6) is -2.76. The molecule has 4 unspecified atom stereocenters. The van der Waals surface area contributed by atoms with Crippen molar-refractivity contribution in [2.75, 3.05) is 5.75 Å². The predicted molar refractivity (Wildman–Crippen MR) is 132 cm³/mol. The van der Waals surface area contributed by atoms with Crippen LogP contribution in [0.2, 0.25) is 0 Å². The number of nitrogens with one attached hydrogen (secondary N) is 4. The third-order valence-corrected chi connectivity index (χ3v) is 5.73. The van der Waals surface area contributed by atoms with E-state index < -0.39 is 47.9 Å². The maximum atomic E-state index is 13.0. The van der Waals surface area contributed by atoms with Gasteiger partial charge in [0.2, 0.25) is 17.7 Å². The lowest BCUT2D eigenvalue weighted by molar-refractivity contribution is -0.142. The second kappa shape index (κ2) is 12.4. The smallest absolute Gasteiger partial charge is 0.326 e. The molecule has 1 aromatic heterocycles. The highest BCUT2D eigenvalue weighted by atomic mass is 32.1. The van der Waals surface area contributed by atoms with E-state index in [1.54, 1.807) is 6.20 Å². The van der Waals surface area contributed by atoms with Gasteiger partial charge in [0.25, 0.3) is 0 Å². The molecule has 2 aromatic rings. The first-order valence-electron chi connectivity index (χ1n) is 11.1. The molecule has 1 heterocycles. The molecular weight excluding hydrogens is 458 g/mol. The Morgan fingerprint density at radius 1 is 1.00 bits per heavy atom. The summed E-state index contributed by atoms with van der Waals surface area (Å²) in [5.41, 5.74) is 7.23. The number of para-hydroxylation sites is 1. The predicted octanol–water partition coefficient (Wildman–Crippen LogP) is 0.573. The Balaban J connectivity index is 2.10. The number of carboxylic acids is 1. The lowest BCUT2D eigenvalue weighted by atomic mass is 10.0. The lowest BCUT2D eigenvalue weighted by Gasteiger charge is -2.24. The van der Waals surface area contributed by atoms with Gasteiger partial charge >= 0.3 is 5.97 Å². The van der Waals surface area contributed by atoms with Gasteiger partial charge in [-0.05, 0) is 30.9 Å². The molecule has 186 valence electrons. The second-order valence-electron chi connectivity index (χ2n) is 8.67. The SMILES string of the molecule is CC(C)CC(NC(=O)C(C)NC(=O)C(N)CS)C(=O)NC(Cc1c[nH]c2ccccc12)C(=O)O. The van der Waals surface area contributed by atoms with E-state index in [0.29, 0.717) is 0 Å². The number of carboxylic acid groups (broad SMARTS) is 1. The highest BCUT2D eigenvalue weighted by Crippen LogP contribution is 2.19.